The molecule has 5 nitrogen and oxygen atoms in total. The number of anilines is 1. The number of hydrogen-bond donors (Lipinski definition) is 1. The van der Waals surface area contributed by atoms with E-state index in [1.807, 2.05) is 18.2 Å². The van der Waals surface area contributed by atoms with Crippen molar-refractivity contribution in [3.63, 3.8) is 0 Å². The van der Waals surface area contributed by atoms with Gasteiger partial charge in [-0.25, -0.2) is 0 Å². The number of benzene rings is 1. The van der Waals surface area contributed by atoms with Crippen LogP contribution in [0.4, 0.5) is 5.69 Å². The molecule has 116 valence electrons. The molecule has 1 N–H and O–H groups in total. The van der Waals surface area contributed by atoms with Crippen molar-refractivity contribution in [1.29, 1.82) is 0 Å². The first-order valence-corrected chi connectivity index (χ1v) is 7.91. The molecule has 2 saturated heterocycles. The van der Waals surface area contributed by atoms with E-state index in [2.05, 4.69) is 10.2 Å². The molecule has 3 aliphatic heterocycles. The maximum atomic E-state index is 12.3. The third-order valence-corrected chi connectivity index (χ3v) is 4.70. The van der Waals surface area contributed by atoms with Gasteiger partial charge in [0.05, 0.1) is 0 Å². The standard InChI is InChI=1S/C17H20N2O3/c20-17(8-12-5-7-19-6-1-2-13(12)10-19)18-14-3-4-15-16(9-14)22-11-21-15/h3-4,8-9,13H,1-2,5-7,10-11H2,(H,18,20). The quantitative estimate of drug-likeness (QED) is 0.852. The predicted molar refractivity (Wildman–Crippen MR) is 83.1 cm³/mol. The molecule has 1 amide bonds. The van der Waals surface area contributed by atoms with Crippen molar-refractivity contribution in [2.45, 2.75) is 19.3 Å². The highest BCUT2D eigenvalue weighted by molar-refractivity contribution is 6.00. The first-order valence-electron chi connectivity index (χ1n) is 7.91. The average molecular weight is 300 g/mol. The Morgan fingerprint density at radius 3 is 3.14 bits per heavy atom. The van der Waals surface area contributed by atoms with Crippen LogP contribution in [0.1, 0.15) is 19.3 Å². The molecular formula is C17H20N2O3. The van der Waals surface area contributed by atoms with Crippen molar-refractivity contribution >= 4 is 11.6 Å². The molecule has 2 unspecified atom stereocenters. The van der Waals surface area contributed by atoms with E-state index in [-0.39, 0.29) is 12.7 Å². The van der Waals surface area contributed by atoms with E-state index in [1.165, 1.54) is 25.0 Å². The predicted octanol–water partition coefficient (Wildman–Crippen LogP) is 2.40. The van der Waals surface area contributed by atoms with Crippen molar-refractivity contribution < 1.29 is 14.3 Å². The highest BCUT2D eigenvalue weighted by Crippen LogP contribution is 2.34. The summed E-state index contributed by atoms with van der Waals surface area (Å²) in [5, 5.41) is 2.93. The first kappa shape index (κ1) is 13.6. The summed E-state index contributed by atoms with van der Waals surface area (Å²) >= 11 is 0. The van der Waals surface area contributed by atoms with Gasteiger partial charge in [-0.05, 0) is 43.9 Å². The minimum Gasteiger partial charge on any atom is -0.454 e. The van der Waals surface area contributed by atoms with E-state index in [0.29, 0.717) is 11.7 Å². The van der Waals surface area contributed by atoms with Crippen molar-refractivity contribution in [3.05, 3.63) is 29.8 Å². The summed E-state index contributed by atoms with van der Waals surface area (Å²) in [6.45, 7) is 3.66. The number of nitrogens with zero attached hydrogens (tertiary/aromatic N) is 1. The van der Waals surface area contributed by atoms with E-state index in [0.717, 1.165) is 30.9 Å². The highest BCUT2D eigenvalue weighted by atomic mass is 16.7. The van der Waals surface area contributed by atoms with Gasteiger partial charge in [0.15, 0.2) is 11.5 Å². The van der Waals surface area contributed by atoms with E-state index in [1.54, 1.807) is 6.08 Å². The summed E-state index contributed by atoms with van der Waals surface area (Å²) in [7, 11) is 0. The van der Waals surface area contributed by atoms with Crippen molar-refractivity contribution in [2.75, 3.05) is 31.7 Å². The van der Waals surface area contributed by atoms with Crippen molar-refractivity contribution in [2.24, 2.45) is 5.92 Å². The number of ether oxygens (including phenoxy) is 2. The lowest BCUT2D eigenvalue weighted by molar-refractivity contribution is -0.112. The normalized spacial score (nSPS) is 27.7. The number of carbonyl (C=O) groups is 1. The van der Waals surface area contributed by atoms with Crippen LogP contribution in [0, 0.1) is 5.92 Å². The Kier molecular flexibility index (Phi) is 3.50. The number of nitrogens with one attached hydrogen (secondary N) is 1. The van der Waals surface area contributed by atoms with Gasteiger partial charge >= 0.3 is 0 Å². The Balaban J connectivity index is 1.44. The van der Waals surface area contributed by atoms with Crippen molar-refractivity contribution in [3.8, 4) is 11.5 Å². The fourth-order valence-electron chi connectivity index (χ4n) is 3.56. The van der Waals surface area contributed by atoms with Gasteiger partial charge in [0, 0.05) is 30.9 Å². The molecule has 1 aromatic rings. The number of fused-ring (bicyclic) bond motifs is 3. The van der Waals surface area contributed by atoms with Gasteiger partial charge in [0.2, 0.25) is 12.7 Å². The Labute approximate surface area is 129 Å². The second-order valence-electron chi connectivity index (χ2n) is 6.17. The maximum absolute atomic E-state index is 12.3. The molecule has 0 saturated carbocycles. The number of amides is 1. The zero-order valence-electron chi connectivity index (χ0n) is 12.5. The van der Waals surface area contributed by atoms with Crippen LogP contribution in [-0.2, 0) is 4.79 Å². The maximum Gasteiger partial charge on any atom is 0.248 e. The number of piperidine rings is 2. The van der Waals surface area contributed by atoms with Gasteiger partial charge < -0.3 is 19.7 Å². The molecule has 0 spiro atoms. The van der Waals surface area contributed by atoms with E-state index < -0.39 is 0 Å². The fraction of sp³-hybridized carbons (Fsp3) is 0.471. The lowest BCUT2D eigenvalue weighted by atomic mass is 9.84. The van der Waals surface area contributed by atoms with Crippen LogP contribution in [0.5, 0.6) is 11.5 Å². The lowest BCUT2D eigenvalue weighted by Crippen LogP contribution is -2.41. The smallest absolute Gasteiger partial charge is 0.248 e. The first-order chi connectivity index (χ1) is 10.8. The largest absolute Gasteiger partial charge is 0.454 e. The van der Waals surface area contributed by atoms with Crippen LogP contribution in [0.2, 0.25) is 0 Å². The van der Waals surface area contributed by atoms with E-state index >= 15 is 0 Å². The minimum absolute atomic E-state index is 0.0483. The Bertz CT molecular complexity index is 626. The molecule has 3 heterocycles. The van der Waals surface area contributed by atoms with Crippen LogP contribution in [0.3, 0.4) is 0 Å². The molecule has 1 aromatic carbocycles. The van der Waals surface area contributed by atoms with Gasteiger partial charge in [-0.3, -0.25) is 4.79 Å². The topological polar surface area (TPSA) is 50.8 Å². The van der Waals surface area contributed by atoms with Crippen molar-refractivity contribution in [1.82, 2.24) is 4.90 Å². The Hall–Kier alpha value is -2.01. The van der Waals surface area contributed by atoms with E-state index in [4.69, 9.17) is 9.47 Å². The summed E-state index contributed by atoms with van der Waals surface area (Å²) < 4.78 is 10.6. The van der Waals surface area contributed by atoms with Crippen LogP contribution >= 0.6 is 0 Å². The average Bonchev–Trinajstić information content (AvgIpc) is 2.98. The second-order valence-corrected chi connectivity index (χ2v) is 6.17. The summed E-state index contributed by atoms with van der Waals surface area (Å²) in [4.78, 5) is 14.8. The number of hydrogen-bond acceptors (Lipinski definition) is 4. The van der Waals surface area contributed by atoms with Crippen LogP contribution in [0.15, 0.2) is 29.8 Å². The number of carbonyl (C=O) groups excluding carboxylic acids is 1. The van der Waals surface area contributed by atoms with Crippen LogP contribution in [0.25, 0.3) is 0 Å². The molecule has 3 aliphatic rings. The second kappa shape index (κ2) is 5.65. The molecule has 5 heteroatoms. The minimum atomic E-state index is -0.0483. The van der Waals surface area contributed by atoms with Gasteiger partial charge in [0.1, 0.15) is 0 Å². The Morgan fingerprint density at radius 1 is 1.27 bits per heavy atom. The summed E-state index contributed by atoms with van der Waals surface area (Å²) in [6, 6.07) is 5.47. The summed E-state index contributed by atoms with van der Waals surface area (Å²) in [6.07, 6.45) is 5.27. The lowest BCUT2D eigenvalue weighted by Gasteiger charge is -2.39. The molecule has 0 radical (unpaired) electrons. The zero-order valence-corrected chi connectivity index (χ0v) is 12.5. The number of rotatable bonds is 2. The summed E-state index contributed by atoms with van der Waals surface area (Å²) in [5.74, 6) is 1.93. The van der Waals surface area contributed by atoms with Gasteiger partial charge in [-0.2, -0.15) is 0 Å². The van der Waals surface area contributed by atoms with Crippen LogP contribution < -0.4 is 14.8 Å². The van der Waals surface area contributed by atoms with Crippen LogP contribution in [-0.4, -0.2) is 37.2 Å². The molecule has 2 fully saturated rings. The Morgan fingerprint density at radius 2 is 2.18 bits per heavy atom. The van der Waals surface area contributed by atoms with Gasteiger partial charge in [-0.15, -0.1) is 0 Å². The molecule has 2 bridgehead atoms. The summed E-state index contributed by atoms with van der Waals surface area (Å²) in [5.41, 5.74) is 2.04. The van der Waals surface area contributed by atoms with Gasteiger partial charge in [-0.1, -0.05) is 5.57 Å². The van der Waals surface area contributed by atoms with E-state index in [9.17, 15) is 4.79 Å². The fourth-order valence-corrected chi connectivity index (χ4v) is 3.56. The SMILES string of the molecule is O=C(C=C1CCN2CCCC1C2)Nc1ccc2c(c1)OCO2. The third-order valence-electron chi connectivity index (χ3n) is 4.70. The molecule has 4 rings (SSSR count). The monoisotopic (exact) mass is 300 g/mol. The van der Waals surface area contributed by atoms with Gasteiger partial charge in [0.25, 0.3) is 0 Å². The molecule has 0 aromatic heterocycles. The molecule has 2 atom stereocenters. The molecule has 0 aliphatic carbocycles. The molecular weight excluding hydrogens is 280 g/mol. The zero-order chi connectivity index (χ0) is 14.9. The highest BCUT2D eigenvalue weighted by Gasteiger charge is 2.27. The molecule has 22 heavy (non-hydrogen) atoms. The third kappa shape index (κ3) is 2.68.